The number of hydrogen-bond acceptors (Lipinski definition) is 3. The number of benzene rings is 1. The first kappa shape index (κ1) is 15.9. The lowest BCUT2D eigenvalue weighted by Crippen LogP contribution is -2.42. The fourth-order valence-corrected chi connectivity index (χ4v) is 4.33. The minimum absolute atomic E-state index is 0.111. The molecule has 0 saturated carbocycles. The molecule has 1 aromatic carbocycles. The maximum atomic E-state index is 12.6. The summed E-state index contributed by atoms with van der Waals surface area (Å²) in [5.41, 5.74) is 1.30. The summed E-state index contributed by atoms with van der Waals surface area (Å²) in [6.07, 6.45) is 3.56. The zero-order valence-electron chi connectivity index (χ0n) is 14.3. The monoisotopic (exact) mass is 338 g/mol. The summed E-state index contributed by atoms with van der Waals surface area (Å²) in [5, 5.41) is 8.91. The zero-order chi connectivity index (χ0) is 17.4. The van der Waals surface area contributed by atoms with Crippen molar-refractivity contribution in [2.24, 2.45) is 5.41 Å². The van der Waals surface area contributed by atoms with E-state index in [9.17, 15) is 9.59 Å². The molecule has 6 heteroatoms. The molecule has 0 radical (unpaired) electrons. The molecule has 1 unspecified atom stereocenters. The summed E-state index contributed by atoms with van der Waals surface area (Å²) < 4.78 is 0. The van der Waals surface area contributed by atoms with Crippen LogP contribution in [0.5, 0.6) is 0 Å². The van der Waals surface area contributed by atoms with Gasteiger partial charge in [0.1, 0.15) is 0 Å². The van der Waals surface area contributed by atoms with Crippen LogP contribution in [0.2, 0.25) is 0 Å². The van der Waals surface area contributed by atoms with Crippen LogP contribution in [0.15, 0.2) is 24.3 Å². The summed E-state index contributed by atoms with van der Waals surface area (Å²) in [6.45, 7) is 3.78. The van der Waals surface area contributed by atoms with Gasteiger partial charge in [-0.3, -0.25) is 4.79 Å². The van der Waals surface area contributed by atoms with E-state index in [1.54, 1.807) is 12.1 Å². The van der Waals surface area contributed by atoms with Crippen molar-refractivity contribution in [1.29, 1.82) is 5.26 Å². The zero-order valence-corrected chi connectivity index (χ0v) is 14.3. The van der Waals surface area contributed by atoms with E-state index in [0.29, 0.717) is 25.1 Å². The number of rotatable bonds is 1. The highest BCUT2D eigenvalue weighted by Gasteiger charge is 2.49. The molecular weight excluding hydrogens is 316 g/mol. The van der Waals surface area contributed by atoms with Gasteiger partial charge >= 0.3 is 6.03 Å². The molecule has 3 heterocycles. The van der Waals surface area contributed by atoms with Gasteiger partial charge in [-0.2, -0.15) is 5.26 Å². The van der Waals surface area contributed by atoms with E-state index in [0.717, 1.165) is 44.6 Å². The molecule has 0 aliphatic carbocycles. The van der Waals surface area contributed by atoms with Gasteiger partial charge in [0.05, 0.1) is 11.6 Å². The number of nitrogens with zero attached hydrogens (tertiary/aromatic N) is 4. The lowest BCUT2D eigenvalue weighted by atomic mass is 9.86. The number of nitriles is 1. The van der Waals surface area contributed by atoms with Crippen LogP contribution in [0.1, 0.15) is 31.2 Å². The average Bonchev–Trinajstić information content (AvgIpc) is 3.36. The largest absolute Gasteiger partial charge is 0.325 e. The molecule has 1 aromatic rings. The van der Waals surface area contributed by atoms with Crippen LogP contribution < -0.4 is 4.90 Å². The molecule has 3 saturated heterocycles. The van der Waals surface area contributed by atoms with Gasteiger partial charge in [0.25, 0.3) is 0 Å². The van der Waals surface area contributed by atoms with Gasteiger partial charge in [-0.1, -0.05) is 0 Å². The van der Waals surface area contributed by atoms with Gasteiger partial charge in [0, 0.05) is 50.2 Å². The van der Waals surface area contributed by atoms with Crippen LogP contribution in [0.4, 0.5) is 10.5 Å². The van der Waals surface area contributed by atoms with Crippen molar-refractivity contribution in [3.05, 3.63) is 29.8 Å². The van der Waals surface area contributed by atoms with Gasteiger partial charge in [-0.25, -0.2) is 4.79 Å². The Morgan fingerprint density at radius 2 is 1.76 bits per heavy atom. The molecule has 6 nitrogen and oxygen atoms in total. The first-order chi connectivity index (χ1) is 12.1. The average molecular weight is 338 g/mol. The fraction of sp³-hybridized carbons (Fsp3) is 0.526. The number of urea groups is 1. The summed E-state index contributed by atoms with van der Waals surface area (Å²) in [5.74, 6) is 0.111. The van der Waals surface area contributed by atoms with Gasteiger partial charge < -0.3 is 14.7 Å². The fourth-order valence-electron chi connectivity index (χ4n) is 4.33. The van der Waals surface area contributed by atoms with E-state index < -0.39 is 0 Å². The third-order valence-electron chi connectivity index (χ3n) is 5.71. The normalized spacial score (nSPS) is 25.9. The minimum Gasteiger partial charge on any atom is -0.325 e. The molecular formula is C19H22N4O2. The quantitative estimate of drug-likeness (QED) is 0.788. The lowest BCUT2D eigenvalue weighted by molar-refractivity contribution is -0.117. The third kappa shape index (κ3) is 2.84. The van der Waals surface area contributed by atoms with Crippen molar-refractivity contribution in [1.82, 2.24) is 9.80 Å². The van der Waals surface area contributed by atoms with E-state index in [4.69, 9.17) is 5.26 Å². The topological polar surface area (TPSA) is 67.7 Å². The second-order valence-corrected chi connectivity index (χ2v) is 7.46. The van der Waals surface area contributed by atoms with E-state index in [1.807, 2.05) is 26.8 Å². The van der Waals surface area contributed by atoms with Crippen molar-refractivity contribution >= 4 is 17.6 Å². The Balaban J connectivity index is 1.46. The highest BCUT2D eigenvalue weighted by atomic mass is 16.2. The number of carbonyl (C=O) groups is 2. The number of hydrogen-bond donors (Lipinski definition) is 0. The van der Waals surface area contributed by atoms with Crippen LogP contribution in [0.25, 0.3) is 0 Å². The number of amides is 3. The molecule has 3 fully saturated rings. The Morgan fingerprint density at radius 1 is 1.04 bits per heavy atom. The smallest absolute Gasteiger partial charge is 0.320 e. The summed E-state index contributed by atoms with van der Waals surface area (Å²) in [7, 11) is 0. The van der Waals surface area contributed by atoms with Crippen molar-refractivity contribution in [3.8, 4) is 6.07 Å². The van der Waals surface area contributed by atoms with Gasteiger partial charge in [0.2, 0.25) is 5.91 Å². The Bertz CT molecular complexity index is 733. The highest BCUT2D eigenvalue weighted by Crippen LogP contribution is 2.42. The molecule has 130 valence electrons. The van der Waals surface area contributed by atoms with E-state index in [1.165, 1.54) is 0 Å². The molecule has 3 amide bonds. The van der Waals surface area contributed by atoms with Crippen molar-refractivity contribution in [2.45, 2.75) is 25.7 Å². The first-order valence-electron chi connectivity index (χ1n) is 8.95. The molecule has 0 bridgehead atoms. The molecule has 0 aromatic heterocycles. The van der Waals surface area contributed by atoms with Crippen molar-refractivity contribution in [3.63, 3.8) is 0 Å². The third-order valence-corrected chi connectivity index (χ3v) is 5.71. The summed E-state index contributed by atoms with van der Waals surface area (Å²) in [4.78, 5) is 30.9. The number of carbonyl (C=O) groups excluding carboxylic acids is 2. The van der Waals surface area contributed by atoms with Crippen LogP contribution >= 0.6 is 0 Å². The second kappa shape index (κ2) is 6.07. The molecule has 1 atom stereocenters. The Morgan fingerprint density at radius 3 is 2.44 bits per heavy atom. The minimum atomic E-state index is -0.125. The van der Waals surface area contributed by atoms with Crippen LogP contribution in [-0.2, 0) is 4.79 Å². The summed E-state index contributed by atoms with van der Waals surface area (Å²) in [6, 6.07) is 9.38. The maximum Gasteiger partial charge on any atom is 0.320 e. The molecule has 4 rings (SSSR count). The van der Waals surface area contributed by atoms with Crippen molar-refractivity contribution < 1.29 is 9.59 Å². The second-order valence-electron chi connectivity index (χ2n) is 7.46. The summed E-state index contributed by atoms with van der Waals surface area (Å²) >= 11 is 0. The number of likely N-dealkylation sites (tertiary alicyclic amines) is 2. The molecule has 25 heavy (non-hydrogen) atoms. The molecule has 3 aliphatic rings. The van der Waals surface area contributed by atoms with Crippen molar-refractivity contribution in [2.75, 3.05) is 37.6 Å². The van der Waals surface area contributed by atoms with E-state index in [-0.39, 0.29) is 17.4 Å². The lowest BCUT2D eigenvalue weighted by Gasteiger charge is -2.27. The van der Waals surface area contributed by atoms with E-state index >= 15 is 0 Å². The predicted molar refractivity (Wildman–Crippen MR) is 93.0 cm³/mol. The SMILES string of the molecule is N#Cc1ccc(N2CC3(CCN(C(=O)N4CCCC4)C3)CC2=O)cc1. The maximum absolute atomic E-state index is 12.6. The highest BCUT2D eigenvalue weighted by molar-refractivity contribution is 5.96. The van der Waals surface area contributed by atoms with Gasteiger partial charge in [-0.05, 0) is 43.5 Å². The Kier molecular flexibility index (Phi) is 3.87. The van der Waals surface area contributed by atoms with Crippen LogP contribution in [0.3, 0.4) is 0 Å². The molecule has 0 N–H and O–H groups in total. The molecule has 1 spiro atoms. The molecule has 3 aliphatic heterocycles. The first-order valence-corrected chi connectivity index (χ1v) is 8.95. The van der Waals surface area contributed by atoms with E-state index in [2.05, 4.69) is 6.07 Å². The standard InChI is InChI=1S/C19H22N4O2/c20-12-15-3-5-16(6-4-15)23-14-19(11-17(23)24)7-10-22(13-19)18(25)21-8-1-2-9-21/h3-6H,1-2,7-11,13-14H2. The van der Waals surface area contributed by atoms with Gasteiger partial charge in [-0.15, -0.1) is 0 Å². The van der Waals surface area contributed by atoms with Crippen LogP contribution in [0, 0.1) is 16.7 Å². The predicted octanol–water partition coefficient (Wildman–Crippen LogP) is 2.20. The Hall–Kier alpha value is -2.55. The van der Waals surface area contributed by atoms with Crippen LogP contribution in [-0.4, -0.2) is 54.5 Å². The van der Waals surface area contributed by atoms with Gasteiger partial charge in [0.15, 0.2) is 0 Å². The Labute approximate surface area is 147 Å². The number of anilines is 1.